The van der Waals surface area contributed by atoms with E-state index >= 15 is 0 Å². The van der Waals surface area contributed by atoms with E-state index in [-0.39, 0.29) is 0 Å². The molecule has 0 unspecified atom stereocenters. The van der Waals surface area contributed by atoms with Crippen LogP contribution >= 0.6 is 0 Å². The van der Waals surface area contributed by atoms with Crippen molar-refractivity contribution in [3.63, 3.8) is 0 Å². The molecule has 21 heavy (non-hydrogen) atoms. The third kappa shape index (κ3) is 3.16. The van der Waals surface area contributed by atoms with E-state index in [1.165, 1.54) is 62.6 Å². The number of rotatable bonds is 6. The van der Waals surface area contributed by atoms with Crippen LogP contribution in [0.15, 0.2) is 24.4 Å². The molecule has 0 spiro atoms. The van der Waals surface area contributed by atoms with Crippen molar-refractivity contribution < 1.29 is 0 Å². The van der Waals surface area contributed by atoms with Gasteiger partial charge in [-0.25, -0.2) is 0 Å². The Morgan fingerprint density at radius 1 is 1.14 bits per heavy atom. The van der Waals surface area contributed by atoms with E-state index in [4.69, 9.17) is 0 Å². The Labute approximate surface area is 128 Å². The minimum absolute atomic E-state index is 0.830. The van der Waals surface area contributed by atoms with Crippen LogP contribution in [0.2, 0.25) is 0 Å². The quantitative estimate of drug-likeness (QED) is 0.833. The molecule has 1 heterocycles. The van der Waals surface area contributed by atoms with Gasteiger partial charge in [0.25, 0.3) is 0 Å². The monoisotopic (exact) mass is 284 g/mol. The van der Waals surface area contributed by atoms with Crippen LogP contribution in [-0.4, -0.2) is 29.5 Å². The lowest BCUT2D eigenvalue weighted by atomic mass is 9.82. The second-order valence-corrected chi connectivity index (χ2v) is 6.55. The van der Waals surface area contributed by atoms with Gasteiger partial charge in [0.15, 0.2) is 0 Å². The number of hydrogen-bond donors (Lipinski definition) is 1. The Balaban J connectivity index is 1.75. The first-order chi connectivity index (χ1) is 10.3. The Kier molecular flexibility index (Phi) is 4.64. The molecule has 0 radical (unpaired) electrons. The van der Waals surface area contributed by atoms with Crippen LogP contribution in [0, 0.1) is 5.92 Å². The fourth-order valence-electron chi connectivity index (χ4n) is 3.91. The molecule has 2 nitrogen and oxygen atoms in total. The number of aryl methyl sites for hydroxylation is 1. The zero-order valence-electron chi connectivity index (χ0n) is 13.5. The molecule has 0 fully saturated rings. The highest BCUT2D eigenvalue weighted by molar-refractivity contribution is 5.84. The fourth-order valence-corrected chi connectivity index (χ4v) is 3.91. The van der Waals surface area contributed by atoms with Gasteiger partial charge in [-0.3, -0.25) is 0 Å². The first-order valence-electron chi connectivity index (χ1n) is 8.62. The van der Waals surface area contributed by atoms with E-state index < -0.39 is 0 Å². The third-order valence-corrected chi connectivity index (χ3v) is 4.85. The van der Waals surface area contributed by atoms with Crippen molar-refractivity contribution in [3.05, 3.63) is 35.5 Å². The Hall–Kier alpha value is -1.28. The van der Waals surface area contributed by atoms with Crippen molar-refractivity contribution in [1.82, 2.24) is 9.88 Å². The molecule has 1 aliphatic carbocycles. The van der Waals surface area contributed by atoms with Crippen LogP contribution in [-0.2, 0) is 12.8 Å². The predicted molar refractivity (Wildman–Crippen MR) is 90.8 cm³/mol. The molecule has 1 aromatic heterocycles. The van der Waals surface area contributed by atoms with Gasteiger partial charge < -0.3 is 9.88 Å². The topological polar surface area (TPSA) is 19.0 Å². The molecule has 2 heteroatoms. The second kappa shape index (κ2) is 6.65. The number of nitrogens with one attached hydrogen (secondary N) is 1. The molecule has 1 aromatic carbocycles. The standard InChI is InChI=1S/C19H28N2/c1-3-11-21(12-4-2)14-15-5-6-16-7-8-19-17(9-10-20-19)18(16)13-15/h7-10,15,20H,3-6,11-14H2,1-2H3/t15-/m1/s1. The summed E-state index contributed by atoms with van der Waals surface area (Å²) in [6.45, 7) is 8.38. The molecule has 2 aromatic rings. The minimum atomic E-state index is 0.830. The third-order valence-electron chi connectivity index (χ3n) is 4.85. The van der Waals surface area contributed by atoms with Gasteiger partial charge in [0, 0.05) is 23.6 Å². The second-order valence-electron chi connectivity index (χ2n) is 6.55. The van der Waals surface area contributed by atoms with Gasteiger partial charge in [0.1, 0.15) is 0 Å². The van der Waals surface area contributed by atoms with E-state index in [0.29, 0.717) is 0 Å². The van der Waals surface area contributed by atoms with Crippen molar-refractivity contribution in [2.75, 3.05) is 19.6 Å². The minimum Gasteiger partial charge on any atom is -0.361 e. The Bertz CT molecular complexity index is 578. The molecular weight excluding hydrogens is 256 g/mol. The molecule has 0 saturated heterocycles. The summed E-state index contributed by atoms with van der Waals surface area (Å²) in [5, 5.41) is 1.45. The number of benzene rings is 1. The summed E-state index contributed by atoms with van der Waals surface area (Å²) in [5.74, 6) is 0.830. The highest BCUT2D eigenvalue weighted by Gasteiger charge is 2.22. The first-order valence-corrected chi connectivity index (χ1v) is 8.62. The van der Waals surface area contributed by atoms with Gasteiger partial charge in [-0.2, -0.15) is 0 Å². The molecule has 0 amide bonds. The van der Waals surface area contributed by atoms with E-state index in [1.54, 1.807) is 11.1 Å². The molecule has 0 saturated carbocycles. The Morgan fingerprint density at radius 3 is 2.71 bits per heavy atom. The van der Waals surface area contributed by atoms with Crippen LogP contribution < -0.4 is 0 Å². The summed E-state index contributed by atoms with van der Waals surface area (Å²) in [6.07, 6.45) is 8.49. The average Bonchev–Trinajstić information content (AvgIpc) is 2.96. The zero-order chi connectivity index (χ0) is 14.7. The van der Waals surface area contributed by atoms with E-state index in [0.717, 1.165) is 5.92 Å². The fraction of sp³-hybridized carbons (Fsp3) is 0.579. The summed E-state index contributed by atoms with van der Waals surface area (Å²) in [6, 6.07) is 6.83. The van der Waals surface area contributed by atoms with Crippen LogP contribution in [0.4, 0.5) is 0 Å². The number of aromatic nitrogens is 1. The highest BCUT2D eigenvalue weighted by Crippen LogP contribution is 2.31. The maximum Gasteiger partial charge on any atom is 0.0456 e. The summed E-state index contributed by atoms with van der Waals surface area (Å²) >= 11 is 0. The highest BCUT2D eigenvalue weighted by atomic mass is 15.1. The summed E-state index contributed by atoms with van der Waals surface area (Å²) in [7, 11) is 0. The first kappa shape index (κ1) is 14.6. The van der Waals surface area contributed by atoms with Crippen LogP contribution in [0.1, 0.15) is 44.2 Å². The van der Waals surface area contributed by atoms with Gasteiger partial charge in [-0.15, -0.1) is 0 Å². The van der Waals surface area contributed by atoms with Crippen LogP contribution in [0.3, 0.4) is 0 Å². The van der Waals surface area contributed by atoms with Gasteiger partial charge in [0.2, 0.25) is 0 Å². The van der Waals surface area contributed by atoms with Gasteiger partial charge in [-0.05, 0) is 74.4 Å². The smallest absolute Gasteiger partial charge is 0.0456 e. The Morgan fingerprint density at radius 2 is 1.95 bits per heavy atom. The molecule has 1 N–H and O–H groups in total. The lowest BCUT2D eigenvalue weighted by Crippen LogP contribution is -2.33. The number of aromatic amines is 1. The molecule has 3 rings (SSSR count). The normalized spacial score (nSPS) is 18.3. The summed E-state index contributed by atoms with van der Waals surface area (Å²) < 4.78 is 0. The summed E-state index contributed by atoms with van der Waals surface area (Å²) in [4.78, 5) is 6.03. The number of H-pyrrole nitrogens is 1. The number of fused-ring (bicyclic) bond motifs is 3. The average molecular weight is 284 g/mol. The lowest BCUT2D eigenvalue weighted by Gasteiger charge is -2.31. The van der Waals surface area contributed by atoms with Crippen molar-refractivity contribution in [2.24, 2.45) is 5.92 Å². The van der Waals surface area contributed by atoms with Crippen molar-refractivity contribution >= 4 is 10.9 Å². The number of hydrogen-bond acceptors (Lipinski definition) is 1. The molecule has 1 atom stereocenters. The number of nitrogens with zero attached hydrogens (tertiary/aromatic N) is 1. The van der Waals surface area contributed by atoms with E-state index in [1.807, 2.05) is 0 Å². The maximum absolute atomic E-state index is 3.36. The maximum atomic E-state index is 3.36. The van der Waals surface area contributed by atoms with Gasteiger partial charge in [-0.1, -0.05) is 19.9 Å². The molecule has 0 bridgehead atoms. The molecule has 114 valence electrons. The van der Waals surface area contributed by atoms with E-state index in [2.05, 4.69) is 48.1 Å². The van der Waals surface area contributed by atoms with Crippen molar-refractivity contribution in [2.45, 2.75) is 46.0 Å². The molecule has 0 aliphatic heterocycles. The SMILES string of the molecule is CCCN(CCC)C[C@@H]1CCc2ccc3[nH]ccc3c2C1. The van der Waals surface area contributed by atoms with Gasteiger partial charge >= 0.3 is 0 Å². The largest absolute Gasteiger partial charge is 0.361 e. The van der Waals surface area contributed by atoms with Crippen LogP contribution in [0.5, 0.6) is 0 Å². The van der Waals surface area contributed by atoms with E-state index in [9.17, 15) is 0 Å². The summed E-state index contributed by atoms with van der Waals surface area (Å²) in [5.41, 5.74) is 4.49. The lowest BCUT2D eigenvalue weighted by molar-refractivity contribution is 0.220. The molecule has 1 aliphatic rings. The van der Waals surface area contributed by atoms with Crippen molar-refractivity contribution in [3.8, 4) is 0 Å². The zero-order valence-corrected chi connectivity index (χ0v) is 13.5. The predicted octanol–water partition coefficient (Wildman–Crippen LogP) is 4.39. The van der Waals surface area contributed by atoms with Crippen molar-refractivity contribution in [1.29, 1.82) is 0 Å². The van der Waals surface area contributed by atoms with Gasteiger partial charge in [0.05, 0.1) is 0 Å². The molecular formula is C19H28N2. The van der Waals surface area contributed by atoms with Crippen LogP contribution in [0.25, 0.3) is 10.9 Å².